The Hall–Kier alpha value is 0.420. The lowest BCUT2D eigenvalue weighted by Crippen LogP contribution is -2.47. The number of hydrogen-bond acceptors (Lipinski definition) is 2. The molecule has 0 aliphatic carbocycles. The molecular formula is C13H15Br3N2. The Balaban J connectivity index is 2.01. The Bertz CT molecular complexity index is 440. The molecule has 18 heavy (non-hydrogen) atoms. The molecule has 2 nitrogen and oxygen atoms in total. The molecule has 1 aromatic carbocycles. The first-order valence-corrected chi connectivity index (χ1v) is 8.62. The van der Waals surface area contributed by atoms with Crippen molar-refractivity contribution in [2.45, 2.75) is 43.8 Å². The van der Waals surface area contributed by atoms with E-state index in [-0.39, 0.29) is 0 Å². The van der Waals surface area contributed by atoms with E-state index in [2.05, 4.69) is 64.8 Å². The van der Waals surface area contributed by atoms with Crippen molar-refractivity contribution in [2.75, 3.05) is 4.90 Å². The van der Waals surface area contributed by atoms with Crippen LogP contribution in [0.5, 0.6) is 0 Å². The lowest BCUT2D eigenvalue weighted by atomic mass is 9.97. The summed E-state index contributed by atoms with van der Waals surface area (Å²) in [6.07, 6.45) is 4.78. The topological polar surface area (TPSA) is 29.3 Å². The van der Waals surface area contributed by atoms with Crippen molar-refractivity contribution >= 4 is 53.5 Å². The molecule has 2 N–H and O–H groups in total. The summed E-state index contributed by atoms with van der Waals surface area (Å²) in [5, 5.41) is 0. The monoisotopic (exact) mass is 436 g/mol. The maximum atomic E-state index is 6.14. The molecule has 5 heteroatoms. The molecule has 2 heterocycles. The lowest BCUT2D eigenvalue weighted by Gasteiger charge is -2.40. The van der Waals surface area contributed by atoms with E-state index >= 15 is 0 Å². The van der Waals surface area contributed by atoms with Crippen LogP contribution in [-0.4, -0.2) is 18.1 Å². The van der Waals surface area contributed by atoms with Crippen molar-refractivity contribution in [3.05, 3.63) is 25.6 Å². The van der Waals surface area contributed by atoms with Crippen molar-refractivity contribution < 1.29 is 0 Å². The van der Waals surface area contributed by atoms with E-state index < -0.39 is 0 Å². The largest absolute Gasteiger partial charge is 0.364 e. The van der Waals surface area contributed by atoms with Gasteiger partial charge in [-0.25, -0.2) is 0 Å². The molecule has 3 rings (SSSR count). The van der Waals surface area contributed by atoms with Crippen LogP contribution in [0, 0.1) is 0 Å². The van der Waals surface area contributed by atoms with Gasteiger partial charge in [0.25, 0.3) is 0 Å². The summed E-state index contributed by atoms with van der Waals surface area (Å²) in [6.45, 7) is 0. The molecule has 2 bridgehead atoms. The maximum absolute atomic E-state index is 6.14. The zero-order chi connectivity index (χ0) is 12.9. The zero-order valence-electron chi connectivity index (χ0n) is 9.87. The molecule has 2 unspecified atom stereocenters. The smallest absolute Gasteiger partial charge is 0.0660 e. The highest BCUT2D eigenvalue weighted by molar-refractivity contribution is 9.11. The highest BCUT2D eigenvalue weighted by Crippen LogP contribution is 2.45. The zero-order valence-corrected chi connectivity index (χ0v) is 14.6. The summed E-state index contributed by atoms with van der Waals surface area (Å²) in [6, 6.07) is 5.83. The Morgan fingerprint density at radius 1 is 1.00 bits per heavy atom. The average molecular weight is 439 g/mol. The quantitative estimate of drug-likeness (QED) is 0.702. The molecule has 0 spiro atoms. The summed E-state index contributed by atoms with van der Waals surface area (Å²) in [7, 11) is 0. The third-order valence-electron chi connectivity index (χ3n) is 4.01. The maximum Gasteiger partial charge on any atom is 0.0660 e. The second kappa shape index (κ2) is 5.08. The van der Waals surface area contributed by atoms with E-state index in [1.807, 2.05) is 0 Å². The fourth-order valence-electron chi connectivity index (χ4n) is 3.37. The number of nitrogens with zero attached hydrogens (tertiary/aromatic N) is 1. The minimum Gasteiger partial charge on any atom is -0.364 e. The first-order valence-electron chi connectivity index (χ1n) is 6.24. The van der Waals surface area contributed by atoms with E-state index in [4.69, 9.17) is 5.73 Å². The number of hydrogen-bond donors (Lipinski definition) is 1. The van der Waals surface area contributed by atoms with E-state index in [1.165, 1.54) is 18.5 Å². The van der Waals surface area contributed by atoms with E-state index in [0.29, 0.717) is 18.1 Å². The van der Waals surface area contributed by atoms with Crippen molar-refractivity contribution in [2.24, 2.45) is 5.73 Å². The van der Waals surface area contributed by atoms with Gasteiger partial charge in [0, 0.05) is 31.5 Å². The number of rotatable bonds is 1. The summed E-state index contributed by atoms with van der Waals surface area (Å²) in [5.74, 6) is 0. The van der Waals surface area contributed by atoms with E-state index in [1.54, 1.807) is 0 Å². The fourth-order valence-corrected chi connectivity index (χ4v) is 6.03. The molecule has 2 saturated heterocycles. The Morgan fingerprint density at radius 2 is 1.50 bits per heavy atom. The van der Waals surface area contributed by atoms with Gasteiger partial charge in [-0.1, -0.05) is 15.9 Å². The van der Waals surface area contributed by atoms with Gasteiger partial charge in [-0.05, 0) is 69.7 Å². The standard InChI is InChI=1S/C13H15Br3N2/c14-7-3-11(15)13(12(16)4-7)18-9-1-2-10(18)6-8(17)5-9/h3-4,8-10H,1-2,5-6,17H2. The third-order valence-corrected chi connectivity index (χ3v) is 5.68. The summed E-state index contributed by atoms with van der Waals surface area (Å²) in [4.78, 5) is 2.57. The van der Waals surface area contributed by atoms with Crippen LogP contribution in [0.4, 0.5) is 5.69 Å². The van der Waals surface area contributed by atoms with Gasteiger partial charge in [0.1, 0.15) is 0 Å². The second-order valence-corrected chi connectivity index (χ2v) is 7.87. The predicted molar refractivity (Wildman–Crippen MR) is 86.0 cm³/mol. The highest BCUT2D eigenvalue weighted by Gasteiger charge is 2.40. The molecule has 1 aromatic rings. The molecule has 2 aliphatic rings. The van der Waals surface area contributed by atoms with Crippen molar-refractivity contribution in [1.82, 2.24) is 0 Å². The van der Waals surface area contributed by atoms with Crippen LogP contribution in [0.15, 0.2) is 25.6 Å². The van der Waals surface area contributed by atoms with Crippen LogP contribution in [0.3, 0.4) is 0 Å². The molecule has 2 fully saturated rings. The second-order valence-electron chi connectivity index (χ2n) is 5.24. The van der Waals surface area contributed by atoms with Gasteiger partial charge in [0.2, 0.25) is 0 Å². The summed E-state index contributed by atoms with van der Waals surface area (Å²) >= 11 is 10.9. The van der Waals surface area contributed by atoms with Crippen LogP contribution in [0.2, 0.25) is 0 Å². The molecule has 0 amide bonds. The molecule has 0 saturated carbocycles. The first kappa shape index (κ1) is 13.4. The van der Waals surface area contributed by atoms with Gasteiger partial charge in [-0.3, -0.25) is 0 Å². The van der Waals surface area contributed by atoms with Gasteiger partial charge >= 0.3 is 0 Å². The molecule has 2 atom stereocenters. The number of fused-ring (bicyclic) bond motifs is 2. The summed E-state index contributed by atoms with van der Waals surface area (Å²) < 4.78 is 3.39. The van der Waals surface area contributed by atoms with E-state index in [0.717, 1.165) is 26.3 Å². The van der Waals surface area contributed by atoms with Crippen LogP contribution in [-0.2, 0) is 0 Å². The lowest BCUT2D eigenvalue weighted by molar-refractivity contribution is 0.414. The number of piperidine rings is 1. The van der Waals surface area contributed by atoms with E-state index in [9.17, 15) is 0 Å². The Morgan fingerprint density at radius 3 is 2.00 bits per heavy atom. The fraction of sp³-hybridized carbons (Fsp3) is 0.538. The van der Waals surface area contributed by atoms with Crippen molar-refractivity contribution in [3.63, 3.8) is 0 Å². The highest BCUT2D eigenvalue weighted by atomic mass is 79.9. The molecular weight excluding hydrogens is 424 g/mol. The van der Waals surface area contributed by atoms with Crippen LogP contribution in [0.1, 0.15) is 25.7 Å². The predicted octanol–water partition coefficient (Wildman–Crippen LogP) is 4.43. The van der Waals surface area contributed by atoms with Gasteiger partial charge in [0.15, 0.2) is 0 Å². The third kappa shape index (κ3) is 2.28. The van der Waals surface area contributed by atoms with Crippen molar-refractivity contribution in [1.29, 1.82) is 0 Å². The summed E-state index contributed by atoms with van der Waals surface area (Å²) in [5.41, 5.74) is 7.43. The average Bonchev–Trinajstić information content (AvgIpc) is 2.53. The normalized spacial score (nSPS) is 30.9. The molecule has 2 aliphatic heterocycles. The number of anilines is 1. The van der Waals surface area contributed by atoms with Gasteiger partial charge < -0.3 is 10.6 Å². The molecule has 0 radical (unpaired) electrons. The van der Waals surface area contributed by atoms with Gasteiger partial charge in [0.05, 0.1) is 5.69 Å². The van der Waals surface area contributed by atoms with Crippen LogP contribution < -0.4 is 10.6 Å². The number of nitrogens with two attached hydrogens (primary N) is 1. The number of halogens is 3. The first-order chi connectivity index (χ1) is 8.56. The number of benzene rings is 1. The SMILES string of the molecule is NC1CC2CCC(C1)N2c1c(Br)cc(Br)cc1Br. The minimum absolute atomic E-state index is 0.381. The Labute approximate surface area is 133 Å². The van der Waals surface area contributed by atoms with Gasteiger partial charge in [-0.15, -0.1) is 0 Å². The van der Waals surface area contributed by atoms with Crippen molar-refractivity contribution in [3.8, 4) is 0 Å². The van der Waals surface area contributed by atoms with Crippen LogP contribution >= 0.6 is 47.8 Å². The van der Waals surface area contributed by atoms with Crippen LogP contribution in [0.25, 0.3) is 0 Å². The molecule has 0 aromatic heterocycles. The van der Waals surface area contributed by atoms with Gasteiger partial charge in [-0.2, -0.15) is 0 Å². The minimum atomic E-state index is 0.381. The molecule has 98 valence electrons. The Kier molecular flexibility index (Phi) is 3.78.